The minimum Gasteiger partial charge on any atom is -0.351 e. The van der Waals surface area contributed by atoms with Gasteiger partial charge in [-0.15, -0.1) is 0 Å². The summed E-state index contributed by atoms with van der Waals surface area (Å²) in [6.45, 7) is 5.91. The lowest BCUT2D eigenvalue weighted by atomic mass is 9.86. The molecule has 0 aliphatic carbocycles. The third-order valence-corrected chi connectivity index (χ3v) is 5.60. The Hall–Kier alpha value is -1.74. The number of benzene rings is 2. The largest absolute Gasteiger partial charge is 0.351 e. The average molecular weight is 342 g/mol. The Balaban J connectivity index is 1.97. The first-order valence-corrected chi connectivity index (χ1v) is 9.49. The lowest BCUT2D eigenvalue weighted by molar-refractivity contribution is -0.121. The summed E-state index contributed by atoms with van der Waals surface area (Å²) in [4.78, 5) is 14.0. The van der Waals surface area contributed by atoms with Crippen LogP contribution in [-0.4, -0.2) is 11.4 Å². The minimum atomic E-state index is -0.0801. The van der Waals surface area contributed by atoms with Gasteiger partial charge in [0.2, 0.25) is 5.91 Å². The van der Waals surface area contributed by atoms with Crippen molar-refractivity contribution in [2.75, 3.05) is 0 Å². The summed E-state index contributed by atoms with van der Waals surface area (Å²) in [6, 6.07) is 19.2. The Morgan fingerprint density at radius 1 is 0.958 bits per heavy atom. The molecule has 2 nitrogen and oxygen atoms in total. The molecule has 128 valence electrons. The number of nitrogens with one attached hydrogen (secondary N) is 1. The van der Waals surface area contributed by atoms with Gasteiger partial charge in [0, 0.05) is 22.3 Å². The van der Waals surface area contributed by atoms with E-state index in [0.717, 1.165) is 25.7 Å². The molecule has 0 aliphatic rings. The third kappa shape index (κ3) is 5.41. The van der Waals surface area contributed by atoms with Gasteiger partial charge in [-0.05, 0) is 55.5 Å². The summed E-state index contributed by atoms with van der Waals surface area (Å²) in [7, 11) is 0. The van der Waals surface area contributed by atoms with E-state index in [1.807, 2.05) is 6.07 Å². The zero-order valence-electron chi connectivity index (χ0n) is 14.8. The number of rotatable bonds is 8. The van der Waals surface area contributed by atoms with Gasteiger partial charge >= 0.3 is 0 Å². The lowest BCUT2D eigenvalue weighted by Gasteiger charge is -2.32. The first-order valence-electron chi connectivity index (χ1n) is 8.67. The van der Waals surface area contributed by atoms with Crippen molar-refractivity contribution < 1.29 is 4.79 Å². The topological polar surface area (TPSA) is 29.1 Å². The van der Waals surface area contributed by atoms with E-state index in [1.54, 1.807) is 18.7 Å². The van der Waals surface area contributed by atoms with Crippen LogP contribution in [0.15, 0.2) is 64.4 Å². The molecule has 0 spiro atoms. The van der Waals surface area contributed by atoms with Gasteiger partial charge in [0.1, 0.15) is 0 Å². The van der Waals surface area contributed by atoms with Gasteiger partial charge < -0.3 is 5.32 Å². The van der Waals surface area contributed by atoms with E-state index in [1.165, 1.54) is 15.4 Å². The fraction of sp³-hybridized carbons (Fsp3) is 0.381. The van der Waals surface area contributed by atoms with Crippen molar-refractivity contribution in [2.24, 2.45) is 0 Å². The van der Waals surface area contributed by atoms with Gasteiger partial charge in [-0.3, -0.25) is 4.79 Å². The van der Waals surface area contributed by atoms with Gasteiger partial charge in [0.15, 0.2) is 0 Å². The molecule has 0 heterocycles. The summed E-state index contributed by atoms with van der Waals surface area (Å²) in [5, 5.41) is 3.16. The molecule has 2 aromatic rings. The van der Waals surface area contributed by atoms with Crippen molar-refractivity contribution in [3.05, 3.63) is 60.2 Å². The Labute approximate surface area is 150 Å². The Bertz CT molecular complexity index is 633. The van der Waals surface area contributed by atoms with Gasteiger partial charge in [0.25, 0.3) is 0 Å². The smallest absolute Gasteiger partial charge is 0.217 e. The summed E-state index contributed by atoms with van der Waals surface area (Å²) in [6.07, 6.45) is 3.89. The highest BCUT2D eigenvalue weighted by Crippen LogP contribution is 2.28. The molecule has 0 saturated carbocycles. The maximum atomic E-state index is 11.5. The quantitative estimate of drug-likeness (QED) is 0.690. The van der Waals surface area contributed by atoms with Crippen molar-refractivity contribution in [2.45, 2.75) is 61.8 Å². The van der Waals surface area contributed by atoms with Crippen LogP contribution < -0.4 is 5.32 Å². The first kappa shape index (κ1) is 18.6. The Morgan fingerprint density at radius 2 is 1.54 bits per heavy atom. The molecule has 2 aromatic carbocycles. The van der Waals surface area contributed by atoms with Gasteiger partial charge in [0.05, 0.1) is 0 Å². The van der Waals surface area contributed by atoms with Crippen LogP contribution in [0.5, 0.6) is 0 Å². The van der Waals surface area contributed by atoms with E-state index in [2.05, 4.69) is 67.7 Å². The van der Waals surface area contributed by atoms with Crippen molar-refractivity contribution in [1.82, 2.24) is 5.32 Å². The molecule has 0 aliphatic heterocycles. The van der Waals surface area contributed by atoms with Crippen LogP contribution in [0.1, 0.15) is 45.6 Å². The first-order chi connectivity index (χ1) is 11.6. The second-order valence-corrected chi connectivity index (χ2v) is 7.37. The van der Waals surface area contributed by atoms with Gasteiger partial charge in [-0.25, -0.2) is 0 Å². The molecule has 0 atom stereocenters. The van der Waals surface area contributed by atoms with Crippen molar-refractivity contribution in [3.8, 4) is 0 Å². The molecule has 3 heteroatoms. The predicted molar refractivity (Wildman–Crippen MR) is 102 cm³/mol. The molecule has 1 N–H and O–H groups in total. The van der Waals surface area contributed by atoms with Crippen molar-refractivity contribution >= 4 is 17.7 Å². The number of carbonyl (C=O) groups excluding carboxylic acids is 1. The molecular weight excluding hydrogens is 314 g/mol. The number of hydrogen-bond donors (Lipinski definition) is 1. The molecular formula is C21H27NOS. The van der Waals surface area contributed by atoms with Crippen LogP contribution in [0.4, 0.5) is 0 Å². The highest BCUT2D eigenvalue weighted by Gasteiger charge is 2.26. The summed E-state index contributed by atoms with van der Waals surface area (Å²) < 4.78 is 0. The van der Waals surface area contributed by atoms with Crippen molar-refractivity contribution in [1.29, 1.82) is 0 Å². The SMILES string of the molecule is CCC(CC)(CCc1ccc(Sc2ccccc2)cc1)NC(C)=O. The van der Waals surface area contributed by atoms with E-state index in [9.17, 15) is 4.79 Å². The third-order valence-electron chi connectivity index (χ3n) is 4.59. The normalized spacial score (nSPS) is 11.3. The Kier molecular flexibility index (Phi) is 6.92. The molecule has 2 rings (SSSR count). The second kappa shape index (κ2) is 8.93. The standard InChI is InChI=1S/C21H27NOS/c1-4-21(5-2,22-17(3)23)16-15-18-11-13-20(14-12-18)24-19-9-7-6-8-10-19/h6-14H,4-5,15-16H2,1-3H3,(H,22,23). The van der Waals surface area contributed by atoms with E-state index >= 15 is 0 Å². The molecule has 0 fully saturated rings. The molecule has 0 unspecified atom stereocenters. The van der Waals surface area contributed by atoms with Crippen LogP contribution in [-0.2, 0) is 11.2 Å². The van der Waals surface area contributed by atoms with E-state index < -0.39 is 0 Å². The molecule has 1 amide bonds. The molecule has 0 saturated heterocycles. The van der Waals surface area contributed by atoms with Crippen LogP contribution >= 0.6 is 11.8 Å². The Morgan fingerprint density at radius 3 is 2.08 bits per heavy atom. The fourth-order valence-corrected chi connectivity index (χ4v) is 3.79. The molecule has 0 bridgehead atoms. The van der Waals surface area contributed by atoms with E-state index in [4.69, 9.17) is 0 Å². The van der Waals surface area contributed by atoms with Gasteiger partial charge in [-0.1, -0.05) is 55.9 Å². The molecule has 24 heavy (non-hydrogen) atoms. The number of aryl methyl sites for hydroxylation is 1. The van der Waals surface area contributed by atoms with E-state index in [0.29, 0.717) is 0 Å². The lowest BCUT2D eigenvalue weighted by Crippen LogP contribution is -2.47. The van der Waals surface area contributed by atoms with E-state index in [-0.39, 0.29) is 11.4 Å². The van der Waals surface area contributed by atoms with Crippen LogP contribution in [0.2, 0.25) is 0 Å². The van der Waals surface area contributed by atoms with Crippen LogP contribution in [0, 0.1) is 0 Å². The van der Waals surface area contributed by atoms with Crippen molar-refractivity contribution in [3.63, 3.8) is 0 Å². The maximum Gasteiger partial charge on any atom is 0.217 e. The summed E-state index contributed by atoms with van der Waals surface area (Å²) >= 11 is 1.78. The number of carbonyl (C=O) groups is 1. The highest BCUT2D eigenvalue weighted by atomic mass is 32.2. The van der Waals surface area contributed by atoms with Gasteiger partial charge in [-0.2, -0.15) is 0 Å². The molecule has 0 aromatic heterocycles. The summed E-state index contributed by atoms with van der Waals surface area (Å²) in [5.41, 5.74) is 1.24. The van der Waals surface area contributed by atoms with Crippen LogP contribution in [0.25, 0.3) is 0 Å². The zero-order valence-corrected chi connectivity index (χ0v) is 15.7. The number of hydrogen-bond acceptors (Lipinski definition) is 2. The predicted octanol–water partition coefficient (Wildman–Crippen LogP) is 5.47. The van der Waals surface area contributed by atoms with Crippen LogP contribution in [0.3, 0.4) is 0 Å². The summed E-state index contributed by atoms with van der Waals surface area (Å²) in [5.74, 6) is 0.0632. The monoisotopic (exact) mass is 341 g/mol. The zero-order chi connectivity index (χ0) is 17.4. The maximum absolute atomic E-state index is 11.5. The highest BCUT2D eigenvalue weighted by molar-refractivity contribution is 7.99. The minimum absolute atomic E-state index is 0.0632. The second-order valence-electron chi connectivity index (χ2n) is 6.23. The fourth-order valence-electron chi connectivity index (χ4n) is 2.95. The molecule has 0 radical (unpaired) electrons. The average Bonchev–Trinajstić information content (AvgIpc) is 2.60. The number of amides is 1.